The first-order valence-corrected chi connectivity index (χ1v) is 7.65. The zero-order chi connectivity index (χ0) is 18.9. The molecule has 0 heterocycles. The van der Waals surface area contributed by atoms with E-state index in [1.807, 2.05) is 6.07 Å². The summed E-state index contributed by atoms with van der Waals surface area (Å²) in [6.45, 7) is -0.192. The van der Waals surface area contributed by atoms with Gasteiger partial charge in [0, 0.05) is 11.8 Å². The molecule has 26 heavy (non-hydrogen) atoms. The minimum atomic E-state index is -0.438. The molecule has 0 unspecified atom stereocenters. The zero-order valence-corrected chi connectivity index (χ0v) is 14.0. The maximum atomic E-state index is 11.8. The average Bonchev–Trinajstić information content (AvgIpc) is 2.66. The van der Waals surface area contributed by atoms with Crippen molar-refractivity contribution >= 4 is 23.6 Å². The van der Waals surface area contributed by atoms with E-state index < -0.39 is 5.91 Å². The summed E-state index contributed by atoms with van der Waals surface area (Å²) >= 11 is 0. The Balaban J connectivity index is 1.83. The van der Waals surface area contributed by atoms with Crippen molar-refractivity contribution in [3.05, 3.63) is 59.7 Å². The van der Waals surface area contributed by atoms with Crippen LogP contribution in [0.4, 0.5) is 5.69 Å². The Bertz CT molecular complexity index is 867. The van der Waals surface area contributed by atoms with Gasteiger partial charge in [0.2, 0.25) is 11.8 Å². The van der Waals surface area contributed by atoms with Crippen LogP contribution in [0.1, 0.15) is 11.1 Å². The molecule has 0 atom stereocenters. The number of hydrogen-bond donors (Lipinski definition) is 3. The molecular weight excluding hydrogens is 334 g/mol. The lowest BCUT2D eigenvalue weighted by Gasteiger charge is -2.06. The van der Waals surface area contributed by atoms with Gasteiger partial charge in [-0.25, -0.2) is 0 Å². The van der Waals surface area contributed by atoms with Gasteiger partial charge in [0.15, 0.2) is 11.5 Å². The molecule has 2 rings (SSSR count). The van der Waals surface area contributed by atoms with Crippen LogP contribution in [-0.4, -0.2) is 30.6 Å². The number of aromatic hydroxyl groups is 1. The molecule has 0 aliphatic heterocycles. The number of nitrogens with zero attached hydrogens (tertiary/aromatic N) is 1. The van der Waals surface area contributed by atoms with Crippen LogP contribution in [0.2, 0.25) is 0 Å². The highest BCUT2D eigenvalue weighted by molar-refractivity contribution is 5.98. The van der Waals surface area contributed by atoms with Crippen LogP contribution in [0, 0.1) is 11.3 Å². The van der Waals surface area contributed by atoms with Gasteiger partial charge in [-0.15, -0.1) is 0 Å². The molecule has 0 saturated heterocycles. The normalized spacial score (nSPS) is 10.2. The molecule has 0 aliphatic rings. The number of nitrogens with one attached hydrogen (secondary N) is 2. The molecule has 2 aromatic carbocycles. The van der Waals surface area contributed by atoms with Crippen LogP contribution in [0.25, 0.3) is 6.08 Å². The zero-order valence-electron chi connectivity index (χ0n) is 14.0. The summed E-state index contributed by atoms with van der Waals surface area (Å²) in [6.07, 6.45) is 2.82. The Hall–Kier alpha value is -3.79. The van der Waals surface area contributed by atoms with Gasteiger partial charge >= 0.3 is 0 Å². The molecule has 7 nitrogen and oxygen atoms in total. The van der Waals surface area contributed by atoms with Crippen LogP contribution in [0.15, 0.2) is 48.5 Å². The van der Waals surface area contributed by atoms with E-state index in [4.69, 9.17) is 10.00 Å². The second-order valence-electron chi connectivity index (χ2n) is 5.22. The van der Waals surface area contributed by atoms with Gasteiger partial charge in [-0.3, -0.25) is 9.59 Å². The monoisotopic (exact) mass is 351 g/mol. The number of rotatable bonds is 6. The van der Waals surface area contributed by atoms with Gasteiger partial charge < -0.3 is 20.5 Å². The van der Waals surface area contributed by atoms with E-state index in [9.17, 15) is 14.7 Å². The minimum absolute atomic E-state index is 0.00794. The molecule has 3 N–H and O–H groups in total. The smallest absolute Gasteiger partial charge is 0.244 e. The fourth-order valence-corrected chi connectivity index (χ4v) is 2.03. The highest BCUT2D eigenvalue weighted by Gasteiger charge is 2.05. The van der Waals surface area contributed by atoms with Crippen molar-refractivity contribution in [3.8, 4) is 17.6 Å². The number of amides is 2. The number of anilines is 1. The van der Waals surface area contributed by atoms with Crippen molar-refractivity contribution in [2.24, 2.45) is 0 Å². The molecule has 0 radical (unpaired) electrons. The molecular formula is C19H17N3O4. The van der Waals surface area contributed by atoms with Crippen LogP contribution in [0.5, 0.6) is 11.5 Å². The Morgan fingerprint density at radius 3 is 2.62 bits per heavy atom. The van der Waals surface area contributed by atoms with E-state index in [-0.39, 0.29) is 18.2 Å². The Labute approximate surface area is 150 Å². The number of carbonyl (C=O) groups is 2. The van der Waals surface area contributed by atoms with E-state index in [1.165, 1.54) is 25.3 Å². The highest BCUT2D eigenvalue weighted by atomic mass is 16.5. The Morgan fingerprint density at radius 2 is 1.96 bits per heavy atom. The maximum absolute atomic E-state index is 11.8. The summed E-state index contributed by atoms with van der Waals surface area (Å²) < 4.78 is 4.99. The number of benzene rings is 2. The molecule has 0 aliphatic carbocycles. The third-order valence-corrected chi connectivity index (χ3v) is 3.35. The van der Waals surface area contributed by atoms with E-state index >= 15 is 0 Å². The van der Waals surface area contributed by atoms with Crippen molar-refractivity contribution in [1.82, 2.24) is 5.32 Å². The van der Waals surface area contributed by atoms with Gasteiger partial charge in [-0.2, -0.15) is 5.26 Å². The van der Waals surface area contributed by atoms with Crippen molar-refractivity contribution in [2.75, 3.05) is 19.0 Å². The molecule has 0 fully saturated rings. The summed E-state index contributed by atoms with van der Waals surface area (Å²) in [5, 5.41) is 23.3. The summed E-state index contributed by atoms with van der Waals surface area (Å²) in [6, 6.07) is 13.0. The van der Waals surface area contributed by atoms with Crippen molar-refractivity contribution in [3.63, 3.8) is 0 Å². The first-order valence-electron chi connectivity index (χ1n) is 7.65. The van der Waals surface area contributed by atoms with Gasteiger partial charge in [0.05, 0.1) is 25.3 Å². The number of hydrogen-bond acceptors (Lipinski definition) is 5. The third-order valence-electron chi connectivity index (χ3n) is 3.35. The topological polar surface area (TPSA) is 111 Å². The van der Waals surface area contributed by atoms with E-state index in [0.29, 0.717) is 22.6 Å². The fraction of sp³-hybridized carbons (Fsp3) is 0.105. The molecule has 7 heteroatoms. The molecule has 0 bridgehead atoms. The summed E-state index contributed by atoms with van der Waals surface area (Å²) in [5.74, 6) is -0.516. The quantitative estimate of drug-likeness (QED) is 0.690. The van der Waals surface area contributed by atoms with Gasteiger partial charge in [-0.1, -0.05) is 6.07 Å². The number of phenolic OH excluding ortho intramolecular Hbond substituents is 1. The first-order chi connectivity index (χ1) is 12.5. The average molecular weight is 351 g/mol. The molecule has 0 spiro atoms. The van der Waals surface area contributed by atoms with Crippen molar-refractivity contribution in [1.29, 1.82) is 5.26 Å². The van der Waals surface area contributed by atoms with Gasteiger partial charge in [0.25, 0.3) is 0 Å². The van der Waals surface area contributed by atoms with Crippen molar-refractivity contribution in [2.45, 2.75) is 0 Å². The van der Waals surface area contributed by atoms with Gasteiger partial charge in [0.1, 0.15) is 0 Å². The standard InChI is InChI=1S/C19H17N3O4/c1-26-17-10-13(4-8-16(17)23)5-9-18(24)21-12-19(25)22-15-6-2-14(11-20)3-7-15/h2-10,23H,12H2,1H3,(H,21,24)(H,22,25)/b9-5+. The second-order valence-corrected chi connectivity index (χ2v) is 5.22. The lowest BCUT2D eigenvalue weighted by Crippen LogP contribution is -2.31. The molecule has 2 aromatic rings. The first kappa shape index (κ1) is 18.5. The largest absolute Gasteiger partial charge is 0.504 e. The third kappa shape index (κ3) is 5.39. The lowest BCUT2D eigenvalue weighted by molar-refractivity contribution is -0.121. The molecule has 132 valence electrons. The number of ether oxygens (including phenoxy) is 1. The van der Waals surface area contributed by atoms with E-state index in [1.54, 1.807) is 36.4 Å². The minimum Gasteiger partial charge on any atom is -0.504 e. The Morgan fingerprint density at radius 1 is 1.23 bits per heavy atom. The molecule has 2 amide bonds. The second kappa shape index (κ2) is 8.89. The van der Waals surface area contributed by atoms with Gasteiger partial charge in [-0.05, 0) is 48.0 Å². The number of carbonyl (C=O) groups excluding carboxylic acids is 2. The molecule has 0 aromatic heterocycles. The van der Waals surface area contributed by atoms with Crippen LogP contribution in [-0.2, 0) is 9.59 Å². The SMILES string of the molecule is COc1cc(/C=C/C(=O)NCC(=O)Nc2ccc(C#N)cc2)ccc1O. The van der Waals surface area contributed by atoms with E-state index in [0.717, 1.165) is 0 Å². The molecule has 0 saturated carbocycles. The predicted molar refractivity (Wildman–Crippen MR) is 96.5 cm³/mol. The number of nitriles is 1. The Kier molecular flexibility index (Phi) is 6.34. The fourth-order valence-electron chi connectivity index (χ4n) is 2.03. The van der Waals surface area contributed by atoms with E-state index in [2.05, 4.69) is 10.6 Å². The number of methoxy groups -OCH3 is 1. The number of phenols is 1. The highest BCUT2D eigenvalue weighted by Crippen LogP contribution is 2.26. The van der Waals surface area contributed by atoms with Crippen LogP contribution in [0.3, 0.4) is 0 Å². The summed E-state index contributed by atoms with van der Waals surface area (Å²) in [4.78, 5) is 23.6. The predicted octanol–water partition coefficient (Wildman–Crippen LogP) is 2.04. The summed E-state index contributed by atoms with van der Waals surface area (Å²) in [5.41, 5.74) is 1.69. The van der Waals surface area contributed by atoms with Crippen LogP contribution < -0.4 is 15.4 Å². The lowest BCUT2D eigenvalue weighted by atomic mass is 10.2. The summed E-state index contributed by atoms with van der Waals surface area (Å²) in [7, 11) is 1.43. The maximum Gasteiger partial charge on any atom is 0.244 e. The van der Waals surface area contributed by atoms with Crippen molar-refractivity contribution < 1.29 is 19.4 Å². The van der Waals surface area contributed by atoms with Crippen LogP contribution >= 0.6 is 0 Å².